The molecule has 6 aromatic heterocycles. The normalized spacial score (nSPS) is 23.3. The number of aliphatic hydroxyl groups excluding tert-OH is 1. The monoisotopic (exact) mass is 1780 g/mol. The van der Waals surface area contributed by atoms with Crippen LogP contribution in [0.5, 0.6) is 11.5 Å². The fraction of sp³-hybridized carbons (Fsp3) is 0.505. The number of nitrogens with one attached hydrogen (secondary N) is 12. The van der Waals surface area contributed by atoms with E-state index in [1.807, 2.05) is 93.2 Å². The van der Waals surface area contributed by atoms with Gasteiger partial charge in [-0.1, -0.05) is 58.7 Å². The van der Waals surface area contributed by atoms with Crippen molar-refractivity contribution in [2.45, 2.75) is 196 Å². The van der Waals surface area contributed by atoms with Crippen LogP contribution < -0.4 is 57.3 Å². The molecule has 34 heteroatoms. The zero-order valence-electron chi connectivity index (χ0n) is 74.3. The van der Waals surface area contributed by atoms with Gasteiger partial charge >= 0.3 is 0 Å². The Morgan fingerprint density at radius 3 is 1.34 bits per heavy atom. The molecule has 0 unspecified atom stereocenters. The van der Waals surface area contributed by atoms with Gasteiger partial charge in [-0.2, -0.15) is 20.4 Å². The average molecular weight is 1780 g/mol. The third-order valence-electron chi connectivity index (χ3n) is 27.7. The Morgan fingerprint density at radius 1 is 0.473 bits per heavy atom. The third-order valence-corrected chi connectivity index (χ3v) is 28.7. The number of benzene rings is 5. The molecule has 4 saturated heterocycles. The lowest BCUT2D eigenvalue weighted by Crippen LogP contribution is -2.63. The van der Waals surface area contributed by atoms with Crippen LogP contribution >= 0.6 is 11.3 Å². The summed E-state index contributed by atoms with van der Waals surface area (Å²) in [5.41, 5.74) is 11.1. The summed E-state index contributed by atoms with van der Waals surface area (Å²) in [6.45, 7) is 16.7. The number of H-pyrrole nitrogens is 3. The Balaban J connectivity index is 0.000000121. The maximum atomic E-state index is 12.5. The van der Waals surface area contributed by atoms with Crippen LogP contribution in [0.15, 0.2) is 127 Å². The highest BCUT2D eigenvalue weighted by molar-refractivity contribution is 7.09. The van der Waals surface area contributed by atoms with Crippen LogP contribution in [-0.2, 0) is 42.2 Å². The number of aliphatic hydroxyl groups is 3. The summed E-state index contributed by atoms with van der Waals surface area (Å²) >= 11 is 1.53. The van der Waals surface area contributed by atoms with E-state index < -0.39 is 11.2 Å². The molecule has 33 nitrogen and oxygen atoms in total. The van der Waals surface area contributed by atoms with Crippen LogP contribution in [-0.4, -0.2) is 262 Å². The second-order valence-electron chi connectivity index (χ2n) is 36.9. The summed E-state index contributed by atoms with van der Waals surface area (Å²) in [5, 5.41) is 89.0. The molecule has 0 atom stereocenters. The predicted molar refractivity (Wildman–Crippen MR) is 498 cm³/mol. The Labute approximate surface area is 754 Å². The summed E-state index contributed by atoms with van der Waals surface area (Å²) in [5.74, 6) is 5.28. The number of aromatic amines is 3. The fourth-order valence-electron chi connectivity index (χ4n) is 20.2. The molecule has 4 aliphatic carbocycles. The summed E-state index contributed by atoms with van der Waals surface area (Å²) in [4.78, 5) is 80.7. The average Bonchev–Trinajstić information content (AvgIpc) is 1.40. The van der Waals surface area contributed by atoms with Gasteiger partial charge < -0.3 is 72.6 Å². The first-order valence-electron chi connectivity index (χ1n) is 46.0. The van der Waals surface area contributed by atoms with Gasteiger partial charge in [-0.3, -0.25) is 73.5 Å². The first-order valence-corrected chi connectivity index (χ1v) is 46.8. The third kappa shape index (κ3) is 21.7. The van der Waals surface area contributed by atoms with Crippen LogP contribution in [0.4, 0.5) is 23.3 Å². The van der Waals surface area contributed by atoms with Crippen molar-refractivity contribution < 1.29 is 48.8 Å². The molecule has 15 N–H and O–H groups in total. The highest BCUT2D eigenvalue weighted by atomic mass is 32.1. The lowest BCUT2D eigenvalue weighted by atomic mass is 9.77. The maximum absolute atomic E-state index is 12.5. The van der Waals surface area contributed by atoms with Crippen LogP contribution in [0.1, 0.15) is 147 Å². The lowest BCUT2D eigenvalue weighted by molar-refractivity contribution is -0.127. The number of anilines is 4. The predicted octanol–water partition coefficient (Wildman–Crippen LogP) is 8.98. The SMILES string of the molecule is Cc1ccc2[nH]nc(NCC(=O)NC3CN(C4CCC(O)(c5cccnc5)CC4)C3)c2c1.Cc1ccc2[nH]nc(NCC(=O)NC3CN(C4CCC(O)(c5cncs5)CC4)C3)c2c1.Cc1ccc2[nH]nc(NCC(=O)NC3CN(C4CCC(c5ccc6c(c5)OCO6)CC4)C3)c2c1.Cc1ccc2c(c1)c(NCC(=O)NC1CN(C3CCC(C(=O)NCCO)CC3)C1)nn2C. The maximum Gasteiger partial charge on any atom is 0.239 e. The first kappa shape index (κ1) is 89.6. The molecule has 5 aromatic carbocycles. The molecule has 0 radical (unpaired) electrons. The van der Waals surface area contributed by atoms with Gasteiger partial charge in [-0.05, 0) is 209 Å². The number of pyridine rings is 1. The fourth-order valence-corrected chi connectivity index (χ4v) is 20.9. The molecule has 0 spiro atoms. The van der Waals surface area contributed by atoms with Gasteiger partial charge in [0.2, 0.25) is 36.3 Å². The number of likely N-dealkylation sites (tertiary alicyclic amines) is 4. The lowest BCUT2D eigenvalue weighted by Gasteiger charge is -2.48. The summed E-state index contributed by atoms with van der Waals surface area (Å²) < 4.78 is 12.8. The number of ether oxygens (including phenoxy) is 2. The van der Waals surface area contributed by atoms with Crippen LogP contribution in [0, 0.1) is 33.6 Å². The Bertz CT molecular complexity index is 5670. The van der Waals surface area contributed by atoms with Gasteiger partial charge in [0.15, 0.2) is 34.8 Å². The largest absolute Gasteiger partial charge is 0.454 e. The van der Waals surface area contributed by atoms with Crippen molar-refractivity contribution in [2.24, 2.45) is 13.0 Å². The van der Waals surface area contributed by atoms with E-state index in [9.17, 15) is 34.2 Å². The second kappa shape index (κ2) is 40.3. The quantitative estimate of drug-likeness (QED) is 0.0240. The van der Waals surface area contributed by atoms with E-state index in [2.05, 4.69) is 162 Å². The molecule has 11 heterocycles. The molecule has 11 aromatic rings. The van der Waals surface area contributed by atoms with Crippen molar-refractivity contribution in [1.29, 1.82) is 0 Å². The number of hydrogen-bond donors (Lipinski definition) is 15. The molecule has 684 valence electrons. The van der Waals surface area contributed by atoms with Crippen molar-refractivity contribution in [3.05, 3.63) is 165 Å². The highest BCUT2D eigenvalue weighted by Crippen LogP contribution is 2.44. The molecular weight excluding hydrogens is 1660 g/mol. The van der Waals surface area contributed by atoms with Crippen molar-refractivity contribution in [2.75, 3.05) is 120 Å². The standard InChI is InChI=1S/C26H31N5O3.C24H30N6O2.C23H34N6O3.C22H28N6O2S/c1-16-2-8-22-21(10-16)26(30-29-22)27-12-25(32)28-19-13-31(14-19)20-6-3-17(4-7-20)18-5-9-23-24(11-18)34-15-33-23;1-16-4-5-21-20(11-16)23(29-28-21)26-13-22(31)27-18-14-30(15-18)19-6-8-24(32,9-7-19)17-3-2-10-25-12-17;1-15-3-8-20-19(11-15)22(27-28(20)2)25-12-21(31)26-17-13-29(14-17)18-6-4-16(5-7-18)23(32)24-9-10-30;1-14-2-3-18-17(8-14)21(27-26-18)24-10-20(29)25-15-11-28(12-15)16-4-6-22(30,7-5-16)19-9-23-13-31-19/h2,5,8-11,17,19-20H,3-4,6-7,12-15H2,1H3,(H,28,32)(H2,27,29,30);2-5,10-12,18-19,32H,6-9,13-15H2,1H3,(H,27,31)(H2,26,28,29);3,8,11,16-18,30H,4-7,9-10,12-14H2,1-2H3,(H,24,32)(H,25,27)(H,26,31);2-3,8-9,13,15-16,30H,4-7,10-12H2,1H3,(H,25,29)(H2,24,26,27). The van der Waals surface area contributed by atoms with E-state index >= 15 is 0 Å². The molecule has 0 bridgehead atoms. The van der Waals surface area contributed by atoms with Crippen molar-refractivity contribution in [1.82, 2.24) is 96.5 Å². The number of hydrogen-bond acceptors (Lipinski definition) is 25. The van der Waals surface area contributed by atoms with Gasteiger partial charge in [0.25, 0.3) is 0 Å². The highest BCUT2D eigenvalue weighted by Gasteiger charge is 2.44. The van der Waals surface area contributed by atoms with E-state index in [4.69, 9.17) is 14.6 Å². The second-order valence-corrected chi connectivity index (χ2v) is 37.8. The summed E-state index contributed by atoms with van der Waals surface area (Å²) in [7, 11) is 1.90. The van der Waals surface area contributed by atoms with Crippen LogP contribution in [0.25, 0.3) is 43.6 Å². The molecule has 5 amide bonds. The number of fused-ring (bicyclic) bond motifs is 5. The number of thiazole rings is 1. The number of carbonyl (C=O) groups excluding carboxylic acids is 5. The van der Waals surface area contributed by atoms with Crippen LogP contribution in [0.2, 0.25) is 0 Å². The topological polar surface area (TPSA) is 415 Å². The molecular formula is C95H123N23O10S. The molecule has 4 saturated carbocycles. The molecule has 5 aliphatic heterocycles. The zero-order valence-corrected chi connectivity index (χ0v) is 75.2. The van der Waals surface area contributed by atoms with Gasteiger partial charge in [0.05, 0.1) is 95.0 Å². The van der Waals surface area contributed by atoms with Gasteiger partial charge in [0, 0.05) is 142 Å². The van der Waals surface area contributed by atoms with Gasteiger partial charge in [-0.25, -0.2) is 0 Å². The molecule has 8 fully saturated rings. The number of carbonyl (C=O) groups is 5. The van der Waals surface area contributed by atoms with E-state index in [0.717, 1.165) is 223 Å². The molecule has 20 rings (SSSR count). The number of aryl methyl sites for hydroxylation is 5. The van der Waals surface area contributed by atoms with Gasteiger partial charge in [-0.15, -0.1) is 11.3 Å². The van der Waals surface area contributed by atoms with E-state index in [0.29, 0.717) is 55.1 Å². The number of aromatic nitrogens is 10. The number of rotatable bonds is 26. The van der Waals surface area contributed by atoms with E-state index in [1.54, 1.807) is 24.1 Å². The number of amides is 5. The summed E-state index contributed by atoms with van der Waals surface area (Å²) in [6.07, 6.45) is 20.8. The Hall–Kier alpha value is -11.4. The first-order chi connectivity index (χ1) is 62.6. The minimum Gasteiger partial charge on any atom is -0.454 e. The van der Waals surface area contributed by atoms with E-state index in [1.165, 1.54) is 48.1 Å². The van der Waals surface area contributed by atoms with Crippen molar-refractivity contribution in [3.8, 4) is 11.5 Å². The molecule has 129 heavy (non-hydrogen) atoms. The molecule has 9 aliphatic rings. The van der Waals surface area contributed by atoms with Crippen molar-refractivity contribution >= 4 is 108 Å². The minimum atomic E-state index is -0.760. The van der Waals surface area contributed by atoms with Crippen LogP contribution in [0.3, 0.4) is 0 Å². The Morgan fingerprint density at radius 2 is 0.899 bits per heavy atom. The minimum absolute atomic E-state index is 0.0139. The Kier molecular flexibility index (Phi) is 28.0. The number of nitrogens with zero attached hydrogens (tertiary/aromatic N) is 11. The van der Waals surface area contributed by atoms with Gasteiger partial charge in [0.1, 0.15) is 5.60 Å². The summed E-state index contributed by atoms with van der Waals surface area (Å²) in [6, 6.07) is 37.6. The smallest absolute Gasteiger partial charge is 0.239 e. The van der Waals surface area contributed by atoms with E-state index in [-0.39, 0.29) is 92.4 Å². The van der Waals surface area contributed by atoms with Crippen molar-refractivity contribution in [3.63, 3.8) is 0 Å². The zero-order chi connectivity index (χ0) is 89.3.